The summed E-state index contributed by atoms with van der Waals surface area (Å²) in [6.45, 7) is 5.95. The summed E-state index contributed by atoms with van der Waals surface area (Å²) in [5.74, 6) is -17.8. The van der Waals surface area contributed by atoms with Crippen molar-refractivity contribution in [2.45, 2.75) is 109 Å². The van der Waals surface area contributed by atoms with E-state index in [1.807, 2.05) is 0 Å². The number of hydrogen-bond donors (Lipinski definition) is 8. The number of nitrogens with one attached hydrogen (secondary N) is 2. The first-order chi connectivity index (χ1) is 27.7. The molecule has 0 bridgehead atoms. The molecule has 334 valence electrons. The lowest BCUT2D eigenvalue weighted by atomic mass is 9.89. The zero-order valence-corrected chi connectivity index (χ0v) is 34.6. The first-order valence-corrected chi connectivity index (χ1v) is 19.9. The summed E-state index contributed by atoms with van der Waals surface area (Å²) < 4.78 is 0. The lowest BCUT2D eigenvalue weighted by Gasteiger charge is -2.24. The van der Waals surface area contributed by atoms with Crippen LogP contribution in [0.3, 0.4) is 0 Å². The molecule has 23 heteroatoms. The summed E-state index contributed by atoms with van der Waals surface area (Å²) in [4.78, 5) is 155. The van der Waals surface area contributed by atoms with Crippen LogP contribution < -0.4 is 22.1 Å². The van der Waals surface area contributed by atoms with Crippen LogP contribution in [0.25, 0.3) is 0 Å². The molecule has 10 N–H and O–H groups in total. The number of amides is 4. The molecule has 1 aliphatic rings. The molecule has 1 rings (SSSR count). The molecule has 1 unspecified atom stereocenters. The second-order valence-corrected chi connectivity index (χ2v) is 16.6. The van der Waals surface area contributed by atoms with Crippen LogP contribution in [0.15, 0.2) is 4.99 Å². The van der Waals surface area contributed by atoms with Crippen LogP contribution in [0.1, 0.15) is 91.9 Å². The largest absolute Gasteiger partial charge is 0.481 e. The van der Waals surface area contributed by atoms with E-state index in [0.717, 1.165) is 23.6 Å². The molecule has 22 nitrogen and oxygen atoms in total. The molecule has 0 aliphatic carbocycles. The van der Waals surface area contributed by atoms with Gasteiger partial charge in [0.2, 0.25) is 23.6 Å². The number of aliphatic carboxylic acids is 4. The molecule has 1 fully saturated rings. The van der Waals surface area contributed by atoms with Crippen molar-refractivity contribution >= 4 is 88.4 Å². The highest BCUT2D eigenvalue weighted by molar-refractivity contribution is 8.00. The van der Waals surface area contributed by atoms with E-state index in [9.17, 15) is 78.0 Å². The van der Waals surface area contributed by atoms with Crippen LogP contribution in [0.2, 0.25) is 0 Å². The maximum atomic E-state index is 13.6. The van der Waals surface area contributed by atoms with E-state index in [4.69, 9.17) is 11.5 Å². The van der Waals surface area contributed by atoms with Crippen molar-refractivity contribution in [3.8, 4) is 0 Å². The molecule has 0 aromatic rings. The Bertz CT molecular complexity index is 1710. The fourth-order valence-corrected chi connectivity index (χ4v) is 7.18. The number of thioether (sulfide) groups is 1. The number of Topliss-reactive ketones (excluding diaryl/α,β-unsaturated/α-hetero) is 4. The van der Waals surface area contributed by atoms with Crippen molar-refractivity contribution in [2.75, 3.05) is 18.8 Å². The van der Waals surface area contributed by atoms with Crippen LogP contribution >= 0.6 is 11.8 Å². The van der Waals surface area contributed by atoms with Gasteiger partial charge in [0.1, 0.15) is 11.6 Å². The summed E-state index contributed by atoms with van der Waals surface area (Å²) in [6, 6.07) is -3.40. The molecular formula is C37H54N6O16S. The van der Waals surface area contributed by atoms with Crippen molar-refractivity contribution in [2.24, 2.45) is 39.6 Å². The lowest BCUT2D eigenvalue weighted by Crippen LogP contribution is -2.48. The number of carbonyl (C=O) groups excluding carboxylic acids is 8. The third kappa shape index (κ3) is 18.9. The Kier molecular flexibility index (Phi) is 21.2. The highest BCUT2D eigenvalue weighted by atomic mass is 32.2. The average Bonchev–Trinajstić information content (AvgIpc) is 3.38. The van der Waals surface area contributed by atoms with Gasteiger partial charge in [0.25, 0.3) is 0 Å². The number of ketones is 4. The fourth-order valence-electron chi connectivity index (χ4n) is 5.93. The highest BCUT2D eigenvalue weighted by Gasteiger charge is 2.41. The van der Waals surface area contributed by atoms with Gasteiger partial charge in [-0.25, -0.2) is 0 Å². The molecule has 1 saturated heterocycles. The molecule has 0 aromatic carbocycles. The zero-order valence-electron chi connectivity index (χ0n) is 33.8. The maximum Gasteiger partial charge on any atom is 0.307 e. The summed E-state index contributed by atoms with van der Waals surface area (Å²) >= 11 is 0.767. The Labute approximate surface area is 349 Å². The van der Waals surface area contributed by atoms with Crippen LogP contribution in [-0.2, 0) is 57.5 Å². The number of carboxylic acids is 4. The van der Waals surface area contributed by atoms with Gasteiger partial charge in [0.15, 0.2) is 17.5 Å². The quantitative estimate of drug-likeness (QED) is 0.0196. The SMILES string of the molecule is CC(=O)C[C@@H](CC(=O)O)C(=O)N[C@@H](CCCN=C(N)N)C(=O)C[C@@H](CC(=O)O)C(=O)N[C@@H](CC(=O)O)C(=O)C[C@@H](CSC1CC(=O)N(CCC(=O)C(C)(C)C)C1=O)C(=O)O. The van der Waals surface area contributed by atoms with Crippen molar-refractivity contribution in [1.29, 1.82) is 0 Å². The maximum absolute atomic E-state index is 13.6. The number of carbonyl (C=O) groups is 12. The summed E-state index contributed by atoms with van der Waals surface area (Å²) in [5.41, 5.74) is 9.93. The summed E-state index contributed by atoms with van der Waals surface area (Å²) in [6.07, 6.45) is -5.69. The smallest absolute Gasteiger partial charge is 0.307 e. The van der Waals surface area contributed by atoms with Gasteiger partial charge in [-0.15, -0.1) is 11.8 Å². The third-order valence-electron chi connectivity index (χ3n) is 9.20. The Morgan fingerprint density at radius 3 is 1.75 bits per heavy atom. The first kappa shape index (κ1) is 52.3. The monoisotopic (exact) mass is 870 g/mol. The van der Waals surface area contributed by atoms with Gasteiger partial charge in [-0.3, -0.25) is 62.6 Å². The molecule has 0 saturated carbocycles. The molecule has 60 heavy (non-hydrogen) atoms. The number of rotatable bonds is 29. The summed E-state index contributed by atoms with van der Waals surface area (Å²) in [7, 11) is 0. The van der Waals surface area contributed by atoms with E-state index < -0.39 is 150 Å². The number of guanidine groups is 1. The minimum absolute atomic E-state index is 0.0425. The Hall–Kier alpha value is -5.74. The standard InChI is InChI=1S/C37H54N6O16S/c1-18(44)10-19(13-29(49)50)32(55)41-22(6-5-8-40-36(38)39)24(45)11-20(14-30(51)52)33(56)42-23(15-31(53)54)25(46)12-21(35(58)59)17-60-26-16-28(48)43(34(26)57)9-7-27(47)37(2,3)4/h19-23,26H,5-17H2,1-4H3,(H,41,55)(H,42,56)(H,49,50)(H,51,52)(H,53,54)(H,58,59)(H4,38,39,40)/t19-,20-,21-,22-,23-,26?/m0/s1. The van der Waals surface area contributed by atoms with Gasteiger partial charge in [-0.2, -0.15) is 0 Å². The van der Waals surface area contributed by atoms with Gasteiger partial charge in [-0.1, -0.05) is 20.8 Å². The van der Waals surface area contributed by atoms with Crippen molar-refractivity contribution in [3.63, 3.8) is 0 Å². The van der Waals surface area contributed by atoms with E-state index in [1.54, 1.807) is 20.8 Å². The van der Waals surface area contributed by atoms with E-state index in [2.05, 4.69) is 15.6 Å². The molecule has 0 aromatic heterocycles. The second kappa shape index (κ2) is 24.4. The Morgan fingerprint density at radius 2 is 1.27 bits per heavy atom. The molecule has 1 heterocycles. The molecule has 4 amide bonds. The van der Waals surface area contributed by atoms with Crippen molar-refractivity contribution in [3.05, 3.63) is 0 Å². The second-order valence-electron chi connectivity index (χ2n) is 15.4. The van der Waals surface area contributed by atoms with Crippen LogP contribution in [0, 0.1) is 23.2 Å². The molecule has 0 radical (unpaired) electrons. The van der Waals surface area contributed by atoms with Crippen molar-refractivity contribution < 1.29 is 78.0 Å². The van der Waals surface area contributed by atoms with Crippen LogP contribution in [0.4, 0.5) is 0 Å². The minimum Gasteiger partial charge on any atom is -0.481 e. The topological polar surface area (TPSA) is 377 Å². The van der Waals surface area contributed by atoms with Gasteiger partial charge in [-0.05, 0) is 19.8 Å². The van der Waals surface area contributed by atoms with Gasteiger partial charge >= 0.3 is 23.9 Å². The minimum atomic E-state index is -1.92. The van der Waals surface area contributed by atoms with Gasteiger partial charge in [0, 0.05) is 56.4 Å². The average molecular weight is 871 g/mol. The fraction of sp³-hybridized carbons (Fsp3) is 0.649. The van der Waals surface area contributed by atoms with E-state index in [0.29, 0.717) is 0 Å². The number of likely N-dealkylation sites (tertiary alicyclic amines) is 1. The van der Waals surface area contributed by atoms with Crippen molar-refractivity contribution in [1.82, 2.24) is 15.5 Å². The first-order valence-electron chi connectivity index (χ1n) is 18.8. The number of imide groups is 1. The number of carboxylic acid groups (broad SMARTS) is 4. The number of nitrogens with two attached hydrogens (primary N) is 2. The Morgan fingerprint density at radius 1 is 0.767 bits per heavy atom. The molecule has 1 aliphatic heterocycles. The summed E-state index contributed by atoms with van der Waals surface area (Å²) in [5, 5.41) is 41.7. The van der Waals surface area contributed by atoms with E-state index >= 15 is 0 Å². The van der Waals surface area contributed by atoms with Gasteiger partial charge in [0.05, 0.1) is 54.3 Å². The number of nitrogens with zero attached hydrogens (tertiary/aromatic N) is 2. The normalized spacial score (nSPS) is 16.4. The number of aliphatic imine (C=N–C) groups is 1. The zero-order chi connectivity index (χ0) is 46.1. The van der Waals surface area contributed by atoms with Crippen LogP contribution in [-0.4, -0.2) is 138 Å². The Balaban J connectivity index is 3.22. The lowest BCUT2D eigenvalue weighted by molar-refractivity contribution is -0.145. The van der Waals surface area contributed by atoms with Crippen LogP contribution in [0.5, 0.6) is 0 Å². The van der Waals surface area contributed by atoms with Gasteiger partial charge < -0.3 is 47.3 Å². The predicted octanol–water partition coefficient (Wildman–Crippen LogP) is -0.870. The highest BCUT2D eigenvalue weighted by Crippen LogP contribution is 2.29. The molecular weight excluding hydrogens is 816 g/mol. The van der Waals surface area contributed by atoms with E-state index in [-0.39, 0.29) is 50.5 Å². The molecule has 0 spiro atoms. The number of hydrogen-bond acceptors (Lipinski definition) is 14. The predicted molar refractivity (Wildman–Crippen MR) is 210 cm³/mol. The van der Waals surface area contributed by atoms with E-state index in [1.165, 1.54) is 0 Å². The third-order valence-corrected chi connectivity index (χ3v) is 10.6. The molecule has 6 atom stereocenters.